The van der Waals surface area contributed by atoms with E-state index in [1.165, 1.54) is 18.2 Å². The van der Waals surface area contributed by atoms with Crippen LogP contribution in [0.15, 0.2) is 48.7 Å². The van der Waals surface area contributed by atoms with Crippen molar-refractivity contribution in [3.05, 3.63) is 77.1 Å². The number of carbonyl (C=O) groups is 1. The monoisotopic (exact) mass is 401 g/mol. The molecule has 2 aromatic carbocycles. The van der Waals surface area contributed by atoms with Gasteiger partial charge in [-0.05, 0) is 60.4 Å². The van der Waals surface area contributed by atoms with Crippen LogP contribution >= 0.6 is 0 Å². The van der Waals surface area contributed by atoms with Crippen molar-refractivity contribution in [1.29, 1.82) is 0 Å². The van der Waals surface area contributed by atoms with Crippen LogP contribution in [0.4, 0.5) is 8.78 Å². The lowest BCUT2D eigenvalue weighted by molar-refractivity contribution is -0.143. The molecule has 1 N–H and O–H groups in total. The van der Waals surface area contributed by atoms with Gasteiger partial charge in [0.05, 0.1) is 18.8 Å². The fourth-order valence-corrected chi connectivity index (χ4v) is 3.57. The highest BCUT2D eigenvalue weighted by molar-refractivity contribution is 5.70. The molecule has 6 heteroatoms. The molecule has 1 heterocycles. The molecule has 2 aromatic rings. The Labute approximate surface area is 169 Å². The van der Waals surface area contributed by atoms with Crippen LogP contribution < -0.4 is 0 Å². The maximum absolute atomic E-state index is 13.9. The molecule has 1 aliphatic rings. The third-order valence-corrected chi connectivity index (χ3v) is 5.17. The summed E-state index contributed by atoms with van der Waals surface area (Å²) in [7, 11) is 0. The van der Waals surface area contributed by atoms with E-state index in [1.807, 2.05) is 0 Å². The topological polar surface area (TPSA) is 49.8 Å². The van der Waals surface area contributed by atoms with Gasteiger partial charge in [0.1, 0.15) is 11.6 Å². The van der Waals surface area contributed by atoms with Gasteiger partial charge in [-0.15, -0.1) is 0 Å². The Morgan fingerprint density at radius 1 is 1.21 bits per heavy atom. The number of likely N-dealkylation sites (tertiary alicyclic amines) is 1. The number of hydrogen-bond donors (Lipinski definition) is 1. The lowest BCUT2D eigenvalue weighted by Crippen LogP contribution is -2.40. The minimum Gasteiger partial charge on any atom is -0.500 e. The van der Waals surface area contributed by atoms with Crippen molar-refractivity contribution in [3.8, 4) is 0 Å². The first-order valence-electron chi connectivity index (χ1n) is 9.78. The Hall–Kier alpha value is -2.73. The van der Waals surface area contributed by atoms with Crippen LogP contribution in [0.3, 0.4) is 0 Å². The fourth-order valence-electron chi connectivity index (χ4n) is 3.57. The van der Waals surface area contributed by atoms with Gasteiger partial charge >= 0.3 is 5.97 Å². The number of halogens is 2. The largest absolute Gasteiger partial charge is 0.500 e. The Bertz CT molecular complexity index is 869. The molecule has 4 nitrogen and oxygen atoms in total. The minimum atomic E-state index is -0.741. The number of benzene rings is 2. The summed E-state index contributed by atoms with van der Waals surface area (Å²) in [4.78, 5) is 13.2. The number of nitrogens with zero attached hydrogens (tertiary/aromatic N) is 1. The van der Waals surface area contributed by atoms with E-state index in [-0.39, 0.29) is 24.0 Å². The van der Waals surface area contributed by atoms with E-state index in [9.17, 15) is 13.6 Å². The van der Waals surface area contributed by atoms with Crippen molar-refractivity contribution in [1.82, 2.24) is 4.90 Å². The average Bonchev–Trinajstić information content (AvgIpc) is 2.71. The molecule has 0 amide bonds. The van der Waals surface area contributed by atoms with E-state index < -0.39 is 5.97 Å². The molecule has 29 heavy (non-hydrogen) atoms. The summed E-state index contributed by atoms with van der Waals surface area (Å²) in [5, 5.41) is 9.14. The summed E-state index contributed by atoms with van der Waals surface area (Å²) in [5.41, 5.74) is 1.94. The highest BCUT2D eigenvalue weighted by Gasteiger charge is 2.24. The molecule has 3 rings (SSSR count). The Morgan fingerprint density at radius 2 is 2.03 bits per heavy atom. The zero-order valence-electron chi connectivity index (χ0n) is 16.2. The molecule has 1 saturated heterocycles. The van der Waals surface area contributed by atoms with Crippen LogP contribution in [-0.4, -0.2) is 42.2 Å². The number of piperidine rings is 1. The summed E-state index contributed by atoms with van der Waals surface area (Å²) in [5.74, 6) is -1.73. The van der Waals surface area contributed by atoms with Crippen molar-refractivity contribution in [2.75, 3.05) is 26.2 Å². The Morgan fingerprint density at radius 3 is 2.83 bits per heavy atom. The molecule has 1 unspecified atom stereocenters. The molecular formula is C23H25F2NO3. The molecule has 0 bridgehead atoms. The summed E-state index contributed by atoms with van der Waals surface area (Å²) < 4.78 is 33.2. The van der Waals surface area contributed by atoms with Gasteiger partial charge in [-0.1, -0.05) is 24.3 Å². The molecule has 1 aliphatic heterocycles. The summed E-state index contributed by atoms with van der Waals surface area (Å²) in [6.45, 7) is 2.51. The highest BCUT2D eigenvalue weighted by Crippen LogP contribution is 2.20. The number of ether oxygens (including phenoxy) is 1. The van der Waals surface area contributed by atoms with Gasteiger partial charge in [0.2, 0.25) is 0 Å². The van der Waals surface area contributed by atoms with Gasteiger partial charge < -0.3 is 9.84 Å². The second-order valence-corrected chi connectivity index (χ2v) is 7.26. The third-order valence-electron chi connectivity index (χ3n) is 5.17. The van der Waals surface area contributed by atoms with Crippen molar-refractivity contribution in [2.24, 2.45) is 5.92 Å². The van der Waals surface area contributed by atoms with Gasteiger partial charge in [0, 0.05) is 19.5 Å². The molecule has 0 radical (unpaired) electrons. The predicted octanol–water partition coefficient (Wildman–Crippen LogP) is 4.34. The van der Waals surface area contributed by atoms with E-state index in [0.29, 0.717) is 30.8 Å². The van der Waals surface area contributed by atoms with E-state index in [0.717, 1.165) is 24.9 Å². The third kappa shape index (κ3) is 6.12. The first-order valence-corrected chi connectivity index (χ1v) is 9.78. The van der Waals surface area contributed by atoms with Crippen LogP contribution in [0.2, 0.25) is 0 Å². The first kappa shape index (κ1) is 21.0. The Kier molecular flexibility index (Phi) is 7.36. The molecule has 1 fully saturated rings. The lowest BCUT2D eigenvalue weighted by atomic mass is 9.98. The number of aliphatic carboxylic acids is 1. The standard InChI is InChI=1S/C23H25F2NO3/c24-21-8-7-17(20(15-21)14-18-4-1-2-6-22(18)25)9-12-29-13-11-26-10-3-5-19(16-26)23(27)28/h1-2,4,6-9,12,15,19H,3,5,10-11,13-14,16H2,(H,27,28)/b12-9-. The number of carboxylic acids is 1. The maximum atomic E-state index is 13.9. The molecule has 0 saturated carbocycles. The van der Waals surface area contributed by atoms with Gasteiger partial charge in [-0.2, -0.15) is 0 Å². The number of carboxylic acid groups (broad SMARTS) is 1. The Balaban J connectivity index is 1.55. The average molecular weight is 401 g/mol. The zero-order valence-corrected chi connectivity index (χ0v) is 16.2. The fraction of sp³-hybridized carbons (Fsp3) is 0.348. The van der Waals surface area contributed by atoms with Gasteiger partial charge in [0.15, 0.2) is 0 Å². The molecule has 154 valence electrons. The van der Waals surface area contributed by atoms with Crippen LogP contribution in [0, 0.1) is 17.6 Å². The molecule has 0 aliphatic carbocycles. The molecule has 1 atom stereocenters. The summed E-state index contributed by atoms with van der Waals surface area (Å²) in [6.07, 6.45) is 5.18. The highest BCUT2D eigenvalue weighted by atomic mass is 19.1. The summed E-state index contributed by atoms with van der Waals surface area (Å²) >= 11 is 0. The lowest BCUT2D eigenvalue weighted by Gasteiger charge is -2.30. The predicted molar refractivity (Wildman–Crippen MR) is 107 cm³/mol. The van der Waals surface area contributed by atoms with Crippen molar-refractivity contribution in [2.45, 2.75) is 19.3 Å². The van der Waals surface area contributed by atoms with E-state index in [4.69, 9.17) is 9.84 Å². The number of rotatable bonds is 8. The molecular weight excluding hydrogens is 376 g/mol. The van der Waals surface area contributed by atoms with Crippen LogP contribution in [-0.2, 0) is 16.0 Å². The van der Waals surface area contributed by atoms with Crippen molar-refractivity contribution < 1.29 is 23.4 Å². The van der Waals surface area contributed by atoms with Crippen LogP contribution in [0.5, 0.6) is 0 Å². The quantitative estimate of drug-likeness (QED) is 0.528. The van der Waals surface area contributed by atoms with Crippen molar-refractivity contribution in [3.63, 3.8) is 0 Å². The zero-order chi connectivity index (χ0) is 20.6. The molecule has 0 spiro atoms. The van der Waals surface area contributed by atoms with E-state index in [1.54, 1.807) is 36.6 Å². The normalized spacial score (nSPS) is 17.5. The second-order valence-electron chi connectivity index (χ2n) is 7.26. The van der Waals surface area contributed by atoms with E-state index >= 15 is 0 Å². The summed E-state index contributed by atoms with van der Waals surface area (Å²) in [6, 6.07) is 10.9. The SMILES string of the molecule is O=C(O)C1CCCN(CCO/C=C\c2ccc(F)cc2Cc2ccccc2F)C1. The minimum absolute atomic E-state index is 0.286. The molecule has 0 aromatic heterocycles. The first-order chi connectivity index (χ1) is 14.0. The number of hydrogen-bond acceptors (Lipinski definition) is 3. The van der Waals surface area contributed by atoms with Gasteiger partial charge in [0.25, 0.3) is 0 Å². The van der Waals surface area contributed by atoms with Gasteiger partial charge in [-0.3, -0.25) is 9.69 Å². The van der Waals surface area contributed by atoms with Crippen LogP contribution in [0.1, 0.15) is 29.5 Å². The maximum Gasteiger partial charge on any atom is 0.307 e. The van der Waals surface area contributed by atoms with Crippen LogP contribution in [0.25, 0.3) is 6.08 Å². The van der Waals surface area contributed by atoms with E-state index in [2.05, 4.69) is 4.90 Å². The smallest absolute Gasteiger partial charge is 0.307 e. The van der Waals surface area contributed by atoms with Crippen molar-refractivity contribution >= 4 is 12.0 Å². The van der Waals surface area contributed by atoms with Gasteiger partial charge in [-0.25, -0.2) is 8.78 Å². The second kappa shape index (κ2) is 10.2.